The van der Waals surface area contributed by atoms with E-state index < -0.39 is 16.1 Å². The molecule has 0 unspecified atom stereocenters. The van der Waals surface area contributed by atoms with Gasteiger partial charge >= 0.3 is 0 Å². The summed E-state index contributed by atoms with van der Waals surface area (Å²) in [5, 5.41) is 7.41. The highest BCUT2D eigenvalue weighted by molar-refractivity contribution is 7.87. The Bertz CT molecular complexity index is 1470. The van der Waals surface area contributed by atoms with Crippen LogP contribution in [0.2, 0.25) is 10.0 Å². The molecule has 2 N–H and O–H groups in total. The second-order valence-corrected chi connectivity index (χ2v) is 12.5. The normalized spacial score (nSPS) is 17.2. The second-order valence-electron chi connectivity index (χ2n) is 9.88. The minimum Gasteiger partial charge on any atom is -0.379 e. The third-order valence-electron chi connectivity index (χ3n) is 7.02. The van der Waals surface area contributed by atoms with E-state index >= 15 is 0 Å². The highest BCUT2D eigenvalue weighted by atomic mass is 35.5. The molecule has 214 valence electrons. The Morgan fingerprint density at radius 2 is 1.70 bits per heavy atom. The minimum atomic E-state index is -3.85. The van der Waals surface area contributed by atoms with Gasteiger partial charge in [0.1, 0.15) is 0 Å². The molecule has 10 nitrogen and oxygen atoms in total. The van der Waals surface area contributed by atoms with Gasteiger partial charge in [0.2, 0.25) is 0 Å². The summed E-state index contributed by atoms with van der Waals surface area (Å²) in [6.07, 6.45) is 3.08. The molecule has 0 atom stereocenters. The number of piperidine rings is 1. The summed E-state index contributed by atoms with van der Waals surface area (Å²) >= 11 is 12.8. The first-order valence-corrected chi connectivity index (χ1v) is 15.5. The zero-order valence-electron chi connectivity index (χ0n) is 22.2. The fourth-order valence-corrected chi connectivity index (χ4v) is 6.51. The van der Waals surface area contributed by atoms with Crippen molar-refractivity contribution in [1.82, 2.24) is 29.2 Å². The zero-order valence-corrected chi connectivity index (χ0v) is 24.5. The van der Waals surface area contributed by atoms with Gasteiger partial charge in [-0.05, 0) is 38.0 Å². The topological polar surface area (TPSA) is 109 Å². The zero-order chi connectivity index (χ0) is 28.3. The summed E-state index contributed by atoms with van der Waals surface area (Å²) in [5.41, 5.74) is 6.38. The number of hydrogen-bond acceptors (Lipinski definition) is 6. The van der Waals surface area contributed by atoms with Crippen molar-refractivity contribution in [3.63, 3.8) is 0 Å². The number of amides is 1. The number of hydrazine groups is 1. The van der Waals surface area contributed by atoms with Crippen molar-refractivity contribution in [2.75, 3.05) is 39.4 Å². The lowest BCUT2D eigenvalue weighted by atomic mass is 10.0. The van der Waals surface area contributed by atoms with Crippen LogP contribution < -0.4 is 10.1 Å². The molecule has 2 aliphatic rings. The van der Waals surface area contributed by atoms with E-state index in [2.05, 4.69) is 10.1 Å². The molecule has 1 amide bonds. The number of rotatable bonds is 8. The number of carbonyl (C=O) groups is 1. The lowest BCUT2D eigenvalue weighted by Crippen LogP contribution is -2.47. The van der Waals surface area contributed by atoms with Crippen molar-refractivity contribution in [2.45, 2.75) is 32.7 Å². The van der Waals surface area contributed by atoms with Gasteiger partial charge in [-0.15, -0.1) is 0 Å². The summed E-state index contributed by atoms with van der Waals surface area (Å²) in [5.74, 6) is -0.417. The van der Waals surface area contributed by atoms with Gasteiger partial charge < -0.3 is 4.74 Å². The van der Waals surface area contributed by atoms with Crippen molar-refractivity contribution in [3.8, 4) is 16.9 Å². The summed E-state index contributed by atoms with van der Waals surface area (Å²) in [7, 11) is -3.85. The van der Waals surface area contributed by atoms with Crippen LogP contribution in [0.4, 0.5) is 0 Å². The van der Waals surface area contributed by atoms with E-state index in [1.807, 2.05) is 36.2 Å². The van der Waals surface area contributed by atoms with Gasteiger partial charge in [-0.25, -0.2) is 9.69 Å². The van der Waals surface area contributed by atoms with Crippen LogP contribution >= 0.6 is 23.2 Å². The Balaban J connectivity index is 1.62. The van der Waals surface area contributed by atoms with Crippen molar-refractivity contribution in [3.05, 3.63) is 69.3 Å². The molecule has 1 aromatic heterocycles. The maximum absolute atomic E-state index is 13.7. The number of nitrogens with zero attached hydrogens (tertiary/aromatic N) is 4. The van der Waals surface area contributed by atoms with Crippen LogP contribution in [0, 0.1) is 6.92 Å². The summed E-state index contributed by atoms with van der Waals surface area (Å²) < 4.78 is 37.4. The Hall–Kier alpha value is -2.51. The first-order valence-electron chi connectivity index (χ1n) is 13.3. The van der Waals surface area contributed by atoms with Crippen LogP contribution in [0.1, 0.15) is 40.9 Å². The molecule has 13 heteroatoms. The molecule has 3 heterocycles. The highest BCUT2D eigenvalue weighted by Crippen LogP contribution is 2.33. The molecule has 0 radical (unpaired) electrons. The Morgan fingerprint density at radius 3 is 2.38 bits per heavy atom. The van der Waals surface area contributed by atoms with E-state index in [9.17, 15) is 13.2 Å². The number of benzene rings is 2. The molecular formula is C27H32Cl2N6O4S. The summed E-state index contributed by atoms with van der Waals surface area (Å²) in [4.78, 5) is 13.7. The van der Waals surface area contributed by atoms with Crippen molar-refractivity contribution >= 4 is 39.3 Å². The minimum absolute atomic E-state index is 0.108. The Labute approximate surface area is 244 Å². The first-order chi connectivity index (χ1) is 19.2. The molecule has 2 fully saturated rings. The Kier molecular flexibility index (Phi) is 9.11. The molecule has 2 saturated heterocycles. The van der Waals surface area contributed by atoms with Crippen molar-refractivity contribution < 1.29 is 17.9 Å². The maximum Gasteiger partial charge on any atom is 0.286 e. The van der Waals surface area contributed by atoms with Gasteiger partial charge in [-0.1, -0.05) is 59.5 Å². The first kappa shape index (κ1) is 29.0. The van der Waals surface area contributed by atoms with E-state index in [4.69, 9.17) is 33.0 Å². The molecule has 0 spiro atoms. The number of carbonyl (C=O) groups excluding carboxylic acids is 1. The van der Waals surface area contributed by atoms with E-state index in [0.29, 0.717) is 40.2 Å². The number of ether oxygens (including phenoxy) is 1. The van der Waals surface area contributed by atoms with Gasteiger partial charge in [0, 0.05) is 48.9 Å². The predicted molar refractivity (Wildman–Crippen MR) is 155 cm³/mol. The average molecular weight is 608 g/mol. The quantitative estimate of drug-likeness (QED) is 0.402. The maximum atomic E-state index is 13.7. The van der Waals surface area contributed by atoms with Crippen LogP contribution in [-0.2, 0) is 21.5 Å². The SMILES string of the molecule is Cc1ccc(-c2c(CNS(=O)(=O)N3CCOCC3)c(C(=O)NN3CCCCC3)nn2-c2ccc(Cl)cc2Cl)cc1. The van der Waals surface area contributed by atoms with Gasteiger partial charge in [0.05, 0.1) is 29.6 Å². The molecule has 0 aliphatic carbocycles. The number of aryl methyl sites for hydroxylation is 1. The molecular weight excluding hydrogens is 575 g/mol. The second kappa shape index (κ2) is 12.6. The number of aromatic nitrogens is 2. The van der Waals surface area contributed by atoms with Crippen LogP contribution in [0.3, 0.4) is 0 Å². The fraction of sp³-hybridized carbons (Fsp3) is 0.407. The molecule has 40 heavy (non-hydrogen) atoms. The third-order valence-corrected chi connectivity index (χ3v) is 9.11. The van der Waals surface area contributed by atoms with Crippen LogP contribution in [0.5, 0.6) is 0 Å². The number of hydrogen-bond donors (Lipinski definition) is 2. The lowest BCUT2D eigenvalue weighted by Gasteiger charge is -2.27. The van der Waals surface area contributed by atoms with Crippen molar-refractivity contribution in [1.29, 1.82) is 0 Å². The van der Waals surface area contributed by atoms with Gasteiger partial charge in [0.15, 0.2) is 5.69 Å². The van der Waals surface area contributed by atoms with Crippen LogP contribution in [0.25, 0.3) is 16.9 Å². The van der Waals surface area contributed by atoms with E-state index in [1.165, 1.54) is 4.31 Å². The van der Waals surface area contributed by atoms with Gasteiger partial charge in [-0.2, -0.15) is 22.5 Å². The number of morpholine rings is 1. The van der Waals surface area contributed by atoms with Crippen molar-refractivity contribution in [2.24, 2.45) is 0 Å². The van der Waals surface area contributed by atoms with Crippen LogP contribution in [0.15, 0.2) is 42.5 Å². The van der Waals surface area contributed by atoms with E-state index in [0.717, 1.165) is 43.5 Å². The summed E-state index contributed by atoms with van der Waals surface area (Å²) in [6, 6.07) is 12.8. The Morgan fingerprint density at radius 1 is 1.00 bits per heavy atom. The van der Waals surface area contributed by atoms with Gasteiger partial charge in [0.25, 0.3) is 16.1 Å². The molecule has 3 aromatic rings. The standard InChI is InChI=1S/C27H32Cl2N6O4S/c1-19-5-7-20(8-6-19)26-22(18-30-40(37,38)34-13-15-39-16-14-34)25(27(36)32-33-11-3-2-4-12-33)31-35(26)24-10-9-21(28)17-23(24)29/h5-10,17,30H,2-4,11-16,18H2,1H3,(H,32,36). The predicted octanol–water partition coefficient (Wildman–Crippen LogP) is 3.95. The number of halogens is 2. The van der Waals surface area contributed by atoms with Crippen LogP contribution in [-0.4, -0.2) is 72.8 Å². The average Bonchev–Trinajstić information content (AvgIpc) is 3.33. The number of nitrogens with one attached hydrogen (secondary N) is 2. The molecule has 5 rings (SSSR count). The molecule has 0 bridgehead atoms. The van der Waals surface area contributed by atoms with E-state index in [-0.39, 0.29) is 25.3 Å². The summed E-state index contributed by atoms with van der Waals surface area (Å²) in [6.45, 7) is 4.45. The van der Waals surface area contributed by atoms with E-state index in [1.54, 1.807) is 22.9 Å². The van der Waals surface area contributed by atoms with Gasteiger partial charge in [-0.3, -0.25) is 10.2 Å². The molecule has 2 aromatic carbocycles. The smallest absolute Gasteiger partial charge is 0.286 e. The highest BCUT2D eigenvalue weighted by Gasteiger charge is 2.30. The third kappa shape index (κ3) is 6.52. The molecule has 2 aliphatic heterocycles. The largest absolute Gasteiger partial charge is 0.379 e. The fourth-order valence-electron chi connectivity index (χ4n) is 4.88. The monoisotopic (exact) mass is 606 g/mol. The molecule has 0 saturated carbocycles. The lowest BCUT2D eigenvalue weighted by molar-refractivity contribution is 0.0724.